The van der Waals surface area contributed by atoms with E-state index in [2.05, 4.69) is 46.0 Å². The van der Waals surface area contributed by atoms with E-state index in [0.29, 0.717) is 12.8 Å². The molecule has 2 N–H and O–H groups in total. The van der Waals surface area contributed by atoms with Gasteiger partial charge in [0.05, 0.1) is 18.3 Å². The van der Waals surface area contributed by atoms with Crippen LogP contribution in [-0.2, 0) is 4.43 Å². The van der Waals surface area contributed by atoms with Gasteiger partial charge in [-0.05, 0) is 29.3 Å². The zero-order valence-electron chi connectivity index (χ0n) is 17.2. The fraction of sp³-hybridized carbons (Fsp3) is 0.478. The van der Waals surface area contributed by atoms with Crippen molar-refractivity contribution in [1.82, 2.24) is 0 Å². The molecule has 0 heterocycles. The summed E-state index contributed by atoms with van der Waals surface area (Å²) in [5, 5.41) is 21.2. The molecule has 4 heteroatoms. The van der Waals surface area contributed by atoms with Crippen molar-refractivity contribution < 1.29 is 14.6 Å². The van der Waals surface area contributed by atoms with Crippen molar-refractivity contribution >= 4 is 8.32 Å². The summed E-state index contributed by atoms with van der Waals surface area (Å²) < 4.78 is 6.64. The monoisotopic (exact) mass is 386 g/mol. The van der Waals surface area contributed by atoms with E-state index < -0.39 is 20.5 Å². The van der Waals surface area contributed by atoms with Gasteiger partial charge in [0.1, 0.15) is 0 Å². The van der Waals surface area contributed by atoms with E-state index in [-0.39, 0.29) is 11.1 Å². The van der Waals surface area contributed by atoms with E-state index in [0.717, 1.165) is 11.1 Å². The first-order valence-electron chi connectivity index (χ1n) is 9.74. The highest BCUT2D eigenvalue weighted by Gasteiger charge is 2.39. The summed E-state index contributed by atoms with van der Waals surface area (Å²) in [6.45, 7) is 11.1. The highest BCUT2D eigenvalue weighted by Crippen LogP contribution is 2.41. The topological polar surface area (TPSA) is 49.7 Å². The molecule has 0 aliphatic rings. The third kappa shape index (κ3) is 6.28. The number of hydrogen-bond acceptors (Lipinski definition) is 3. The Kier molecular flexibility index (Phi) is 7.40. The zero-order valence-corrected chi connectivity index (χ0v) is 18.2. The van der Waals surface area contributed by atoms with Gasteiger partial charge in [0.2, 0.25) is 0 Å². The Labute approximate surface area is 165 Å². The van der Waals surface area contributed by atoms with Crippen LogP contribution >= 0.6 is 0 Å². The van der Waals surface area contributed by atoms with Crippen LogP contribution in [-0.4, -0.2) is 24.6 Å². The van der Waals surface area contributed by atoms with Gasteiger partial charge in [-0.1, -0.05) is 81.4 Å². The van der Waals surface area contributed by atoms with Crippen LogP contribution in [0.2, 0.25) is 18.1 Å². The van der Waals surface area contributed by atoms with Crippen LogP contribution in [0.1, 0.15) is 56.9 Å². The first-order chi connectivity index (χ1) is 12.6. The first-order valence-corrected chi connectivity index (χ1v) is 12.6. The van der Waals surface area contributed by atoms with E-state index in [4.69, 9.17) is 4.43 Å². The highest BCUT2D eigenvalue weighted by molar-refractivity contribution is 6.74. The summed E-state index contributed by atoms with van der Waals surface area (Å²) >= 11 is 0. The molecule has 3 atom stereocenters. The molecule has 0 radical (unpaired) electrons. The molecular weight excluding hydrogens is 352 g/mol. The third-order valence-corrected chi connectivity index (χ3v) is 10.1. The van der Waals surface area contributed by atoms with Crippen LogP contribution in [0, 0.1) is 0 Å². The second kappa shape index (κ2) is 9.15. The van der Waals surface area contributed by atoms with Crippen LogP contribution in [0.5, 0.6) is 0 Å². The van der Waals surface area contributed by atoms with Crippen molar-refractivity contribution in [3.8, 4) is 0 Å². The van der Waals surface area contributed by atoms with Crippen LogP contribution in [0.4, 0.5) is 0 Å². The van der Waals surface area contributed by atoms with Gasteiger partial charge in [-0.3, -0.25) is 0 Å². The lowest BCUT2D eigenvalue weighted by Crippen LogP contribution is -2.42. The molecule has 0 aromatic heterocycles. The second-order valence-corrected chi connectivity index (χ2v) is 13.6. The number of rotatable bonds is 8. The fourth-order valence-corrected chi connectivity index (χ4v) is 4.16. The zero-order chi connectivity index (χ0) is 20.1. The van der Waals surface area contributed by atoms with Gasteiger partial charge in [0, 0.05) is 12.8 Å². The Hall–Kier alpha value is -1.46. The van der Waals surface area contributed by atoms with Crippen molar-refractivity contribution in [2.24, 2.45) is 0 Å². The maximum atomic E-state index is 10.7. The summed E-state index contributed by atoms with van der Waals surface area (Å²) in [5.41, 5.74) is 1.91. The predicted molar refractivity (Wildman–Crippen MR) is 114 cm³/mol. The number of aliphatic hydroxyl groups excluding tert-OH is 2. The Bertz CT molecular complexity index is 680. The molecule has 3 nitrogen and oxygen atoms in total. The van der Waals surface area contributed by atoms with Gasteiger partial charge in [-0.25, -0.2) is 0 Å². The summed E-state index contributed by atoms with van der Waals surface area (Å²) in [6.07, 6.45) is -0.722. The Morgan fingerprint density at radius 2 is 1.30 bits per heavy atom. The molecule has 0 bridgehead atoms. The molecular formula is C23H34O3Si. The molecule has 0 spiro atoms. The van der Waals surface area contributed by atoms with Crippen LogP contribution < -0.4 is 0 Å². The lowest BCUT2D eigenvalue weighted by molar-refractivity contribution is 0.0422. The van der Waals surface area contributed by atoms with E-state index in [9.17, 15) is 10.2 Å². The Morgan fingerprint density at radius 3 is 1.78 bits per heavy atom. The van der Waals surface area contributed by atoms with E-state index in [1.54, 1.807) is 0 Å². The molecule has 2 aromatic rings. The average molecular weight is 387 g/mol. The Balaban J connectivity index is 2.12. The molecule has 0 aliphatic carbocycles. The maximum absolute atomic E-state index is 10.7. The fourth-order valence-electron chi connectivity index (χ4n) is 2.86. The summed E-state index contributed by atoms with van der Waals surface area (Å²) in [6, 6.07) is 19.6. The third-order valence-electron chi connectivity index (χ3n) is 5.58. The molecule has 0 fully saturated rings. The highest BCUT2D eigenvalue weighted by atomic mass is 28.4. The van der Waals surface area contributed by atoms with Crippen LogP contribution in [0.3, 0.4) is 0 Å². The molecule has 0 saturated carbocycles. The van der Waals surface area contributed by atoms with Gasteiger partial charge in [-0.15, -0.1) is 0 Å². The van der Waals surface area contributed by atoms with Crippen molar-refractivity contribution in [2.75, 3.05) is 0 Å². The van der Waals surface area contributed by atoms with Gasteiger partial charge in [-0.2, -0.15) is 0 Å². The summed E-state index contributed by atoms with van der Waals surface area (Å²) in [5.74, 6) is 0. The Morgan fingerprint density at radius 1 is 0.815 bits per heavy atom. The molecule has 0 saturated heterocycles. The molecule has 0 aliphatic heterocycles. The summed E-state index contributed by atoms with van der Waals surface area (Å²) in [4.78, 5) is 0. The lowest BCUT2D eigenvalue weighted by atomic mass is 9.97. The average Bonchev–Trinajstić information content (AvgIpc) is 2.61. The van der Waals surface area contributed by atoms with Crippen LogP contribution in [0.15, 0.2) is 60.7 Å². The van der Waals surface area contributed by atoms with E-state index in [1.165, 1.54) is 0 Å². The van der Waals surface area contributed by atoms with Gasteiger partial charge >= 0.3 is 0 Å². The molecule has 27 heavy (non-hydrogen) atoms. The number of aliphatic hydroxyl groups is 2. The van der Waals surface area contributed by atoms with Crippen molar-refractivity contribution in [1.29, 1.82) is 0 Å². The van der Waals surface area contributed by atoms with Crippen LogP contribution in [0.25, 0.3) is 0 Å². The SMILES string of the molecule is CC(C)(C)[Si](C)(C)O[C@@H](C[C@@H](O)C[C@@H](O)c1ccccc1)c1ccccc1. The normalized spacial score (nSPS) is 16.0. The predicted octanol–water partition coefficient (Wildman–Crippen LogP) is 5.62. The van der Waals surface area contributed by atoms with Gasteiger partial charge in [0.15, 0.2) is 8.32 Å². The largest absolute Gasteiger partial charge is 0.410 e. The van der Waals surface area contributed by atoms with Crippen molar-refractivity contribution in [2.45, 2.75) is 70.1 Å². The first kappa shape index (κ1) is 21.8. The second-order valence-electron chi connectivity index (χ2n) is 8.83. The minimum absolute atomic E-state index is 0.0918. The standard InChI is InChI=1S/C23H34O3Si/c1-23(2,3)27(4,5)26-22(19-14-10-7-11-15-19)17-20(24)16-21(25)18-12-8-6-9-13-18/h6-15,20-22,24-25H,16-17H2,1-5H3/t20-,21+,22-/m0/s1. The minimum Gasteiger partial charge on any atom is -0.410 e. The van der Waals surface area contributed by atoms with Crippen molar-refractivity contribution in [3.05, 3.63) is 71.8 Å². The number of benzene rings is 2. The van der Waals surface area contributed by atoms with E-state index in [1.807, 2.05) is 48.5 Å². The van der Waals surface area contributed by atoms with Crippen molar-refractivity contribution in [3.63, 3.8) is 0 Å². The quantitative estimate of drug-likeness (QED) is 0.579. The molecule has 0 amide bonds. The lowest BCUT2D eigenvalue weighted by Gasteiger charge is -2.40. The smallest absolute Gasteiger partial charge is 0.192 e. The molecule has 0 unspecified atom stereocenters. The maximum Gasteiger partial charge on any atom is 0.192 e. The molecule has 148 valence electrons. The molecule has 2 rings (SSSR count). The summed E-state index contributed by atoms with van der Waals surface area (Å²) in [7, 11) is -2.00. The number of hydrogen-bond donors (Lipinski definition) is 2. The van der Waals surface area contributed by atoms with Gasteiger partial charge in [0.25, 0.3) is 0 Å². The van der Waals surface area contributed by atoms with Gasteiger partial charge < -0.3 is 14.6 Å². The van der Waals surface area contributed by atoms with E-state index >= 15 is 0 Å². The minimum atomic E-state index is -2.00. The molecule has 2 aromatic carbocycles.